The number of guanidine groups is 1. The summed E-state index contributed by atoms with van der Waals surface area (Å²) in [5, 5.41) is 5.98. The first-order chi connectivity index (χ1) is 11.2. The molecule has 0 radical (unpaired) electrons. The predicted octanol–water partition coefficient (Wildman–Crippen LogP) is 0.305. The van der Waals surface area contributed by atoms with Crippen LogP contribution in [0.2, 0.25) is 0 Å². The van der Waals surface area contributed by atoms with Crippen molar-refractivity contribution in [2.75, 3.05) is 51.2 Å². The Balaban J connectivity index is 1.79. The predicted molar refractivity (Wildman–Crippen MR) is 92.7 cm³/mol. The number of amides is 1. The average Bonchev–Trinajstić information content (AvgIpc) is 2.61. The van der Waals surface area contributed by atoms with Gasteiger partial charge in [-0.2, -0.15) is 0 Å². The van der Waals surface area contributed by atoms with Crippen molar-refractivity contribution in [1.29, 1.82) is 0 Å². The topological polar surface area (TPSA) is 72.9 Å². The second-order valence-electron chi connectivity index (χ2n) is 5.41. The van der Waals surface area contributed by atoms with Crippen molar-refractivity contribution < 1.29 is 4.79 Å². The molecule has 2 N–H and O–H groups in total. The molecular formula is C16H26N6O. The van der Waals surface area contributed by atoms with Gasteiger partial charge in [0.15, 0.2) is 5.96 Å². The number of nitrogens with one attached hydrogen (secondary N) is 2. The molecule has 1 aliphatic heterocycles. The van der Waals surface area contributed by atoms with Crippen molar-refractivity contribution in [3.05, 3.63) is 24.4 Å². The van der Waals surface area contributed by atoms with Crippen molar-refractivity contribution >= 4 is 17.7 Å². The minimum Gasteiger partial charge on any atom is -0.355 e. The second kappa shape index (κ2) is 8.97. The van der Waals surface area contributed by atoms with Crippen molar-refractivity contribution in [3.63, 3.8) is 0 Å². The van der Waals surface area contributed by atoms with E-state index in [0.717, 1.165) is 44.4 Å². The third-order valence-electron chi connectivity index (χ3n) is 3.74. The van der Waals surface area contributed by atoms with Gasteiger partial charge in [0.2, 0.25) is 5.91 Å². The van der Waals surface area contributed by atoms with Crippen molar-refractivity contribution in [2.45, 2.75) is 13.3 Å². The lowest BCUT2D eigenvalue weighted by Gasteiger charge is -2.37. The average molecular weight is 318 g/mol. The fourth-order valence-electron chi connectivity index (χ4n) is 2.51. The van der Waals surface area contributed by atoms with Gasteiger partial charge in [0.1, 0.15) is 5.82 Å². The Morgan fingerprint density at radius 3 is 2.65 bits per heavy atom. The number of aromatic nitrogens is 1. The van der Waals surface area contributed by atoms with Crippen LogP contribution < -0.4 is 15.5 Å². The Morgan fingerprint density at radius 2 is 2.04 bits per heavy atom. The lowest BCUT2D eigenvalue weighted by atomic mass is 10.3. The van der Waals surface area contributed by atoms with Gasteiger partial charge in [0.25, 0.3) is 0 Å². The molecule has 0 saturated carbocycles. The number of aliphatic imine (C=N–C) groups is 1. The molecule has 0 atom stereocenters. The van der Waals surface area contributed by atoms with Gasteiger partial charge in [0, 0.05) is 46.0 Å². The SMILES string of the molecule is CCCNC(=O)CNC(=NC)N1CCN(c2ccccn2)CC1. The minimum atomic E-state index is 0.000113. The zero-order chi connectivity index (χ0) is 16.5. The highest BCUT2D eigenvalue weighted by Gasteiger charge is 2.20. The molecule has 0 unspecified atom stereocenters. The highest BCUT2D eigenvalue weighted by atomic mass is 16.1. The molecule has 1 fully saturated rings. The third-order valence-corrected chi connectivity index (χ3v) is 3.74. The molecule has 0 spiro atoms. The van der Waals surface area contributed by atoms with Gasteiger partial charge in [-0.3, -0.25) is 9.79 Å². The molecule has 2 rings (SSSR count). The molecular weight excluding hydrogens is 292 g/mol. The van der Waals surface area contributed by atoms with Crippen molar-refractivity contribution in [1.82, 2.24) is 20.5 Å². The molecule has 1 aromatic heterocycles. The molecule has 1 amide bonds. The quantitative estimate of drug-likeness (QED) is 0.604. The van der Waals surface area contributed by atoms with Crippen molar-refractivity contribution in [3.8, 4) is 0 Å². The molecule has 0 bridgehead atoms. The summed E-state index contributed by atoms with van der Waals surface area (Å²) in [5.74, 6) is 1.78. The van der Waals surface area contributed by atoms with Crippen LogP contribution in [0.25, 0.3) is 0 Å². The fourth-order valence-corrected chi connectivity index (χ4v) is 2.51. The molecule has 1 saturated heterocycles. The summed E-state index contributed by atoms with van der Waals surface area (Å²) >= 11 is 0. The summed E-state index contributed by atoms with van der Waals surface area (Å²) in [4.78, 5) is 24.8. The molecule has 7 heteroatoms. The standard InChI is InChI=1S/C16H26N6O/c1-3-7-19-15(23)13-20-16(17-2)22-11-9-21(10-12-22)14-6-4-5-8-18-14/h4-6,8H,3,7,9-13H2,1-2H3,(H,17,20)(H,19,23). The normalized spacial score (nSPS) is 15.5. The maximum absolute atomic E-state index is 11.7. The van der Waals surface area contributed by atoms with E-state index in [0.29, 0.717) is 6.54 Å². The van der Waals surface area contributed by atoms with Crippen LogP contribution in [-0.2, 0) is 4.79 Å². The fraction of sp³-hybridized carbons (Fsp3) is 0.562. The zero-order valence-corrected chi connectivity index (χ0v) is 14.0. The minimum absolute atomic E-state index is 0.000113. The van der Waals surface area contributed by atoms with Crippen LogP contribution in [0.3, 0.4) is 0 Å². The number of hydrogen-bond donors (Lipinski definition) is 2. The number of nitrogens with zero attached hydrogens (tertiary/aromatic N) is 4. The van der Waals surface area contributed by atoms with E-state index < -0.39 is 0 Å². The molecule has 126 valence electrons. The van der Waals surface area contributed by atoms with Gasteiger partial charge in [0.05, 0.1) is 6.54 Å². The molecule has 23 heavy (non-hydrogen) atoms. The van der Waals surface area contributed by atoms with E-state index in [9.17, 15) is 4.79 Å². The first-order valence-electron chi connectivity index (χ1n) is 8.13. The second-order valence-corrected chi connectivity index (χ2v) is 5.41. The number of anilines is 1. The van der Waals surface area contributed by atoms with Crippen LogP contribution in [0, 0.1) is 0 Å². The summed E-state index contributed by atoms with van der Waals surface area (Å²) in [7, 11) is 1.75. The van der Waals surface area contributed by atoms with Gasteiger partial charge in [-0.05, 0) is 18.6 Å². The third kappa shape index (κ3) is 5.12. The molecule has 7 nitrogen and oxygen atoms in total. The van der Waals surface area contributed by atoms with Crippen LogP contribution in [0.5, 0.6) is 0 Å². The van der Waals surface area contributed by atoms with Crippen LogP contribution in [0.1, 0.15) is 13.3 Å². The number of pyridine rings is 1. The van der Waals surface area contributed by atoms with Gasteiger partial charge in [-0.25, -0.2) is 4.98 Å². The largest absolute Gasteiger partial charge is 0.355 e. The number of carbonyl (C=O) groups is 1. The Kier molecular flexibility index (Phi) is 6.65. The van der Waals surface area contributed by atoms with E-state index in [1.807, 2.05) is 31.3 Å². The number of hydrogen-bond acceptors (Lipinski definition) is 4. The van der Waals surface area contributed by atoms with Crippen LogP contribution in [-0.4, -0.2) is 68.1 Å². The first-order valence-corrected chi connectivity index (χ1v) is 8.13. The van der Waals surface area contributed by atoms with E-state index in [4.69, 9.17) is 0 Å². The monoisotopic (exact) mass is 318 g/mol. The smallest absolute Gasteiger partial charge is 0.239 e. The highest BCUT2D eigenvalue weighted by Crippen LogP contribution is 2.12. The molecule has 1 aromatic rings. The van der Waals surface area contributed by atoms with E-state index in [-0.39, 0.29) is 12.5 Å². The maximum atomic E-state index is 11.7. The summed E-state index contributed by atoms with van der Waals surface area (Å²) in [6.07, 6.45) is 2.76. The van der Waals surface area contributed by atoms with Crippen molar-refractivity contribution in [2.24, 2.45) is 4.99 Å². The van der Waals surface area contributed by atoms with Crippen LogP contribution in [0.15, 0.2) is 29.4 Å². The van der Waals surface area contributed by atoms with E-state index in [2.05, 4.69) is 30.4 Å². The summed E-state index contributed by atoms with van der Waals surface area (Å²) < 4.78 is 0. The Morgan fingerprint density at radius 1 is 1.26 bits per heavy atom. The summed E-state index contributed by atoms with van der Waals surface area (Å²) in [6.45, 7) is 6.49. The summed E-state index contributed by atoms with van der Waals surface area (Å²) in [5.41, 5.74) is 0. The van der Waals surface area contributed by atoms with Crippen LogP contribution in [0.4, 0.5) is 5.82 Å². The molecule has 1 aliphatic rings. The number of rotatable bonds is 5. The zero-order valence-electron chi connectivity index (χ0n) is 14.0. The Hall–Kier alpha value is -2.31. The van der Waals surface area contributed by atoms with E-state index >= 15 is 0 Å². The van der Waals surface area contributed by atoms with Gasteiger partial charge in [-0.15, -0.1) is 0 Å². The first kappa shape index (κ1) is 17.1. The molecule has 2 heterocycles. The lowest BCUT2D eigenvalue weighted by molar-refractivity contribution is -0.120. The number of carbonyl (C=O) groups excluding carboxylic acids is 1. The van der Waals surface area contributed by atoms with Crippen LogP contribution >= 0.6 is 0 Å². The molecule has 0 aromatic carbocycles. The Bertz CT molecular complexity index is 511. The molecule has 0 aliphatic carbocycles. The van der Waals surface area contributed by atoms with E-state index in [1.165, 1.54) is 0 Å². The van der Waals surface area contributed by atoms with Gasteiger partial charge >= 0.3 is 0 Å². The maximum Gasteiger partial charge on any atom is 0.239 e. The number of piperazine rings is 1. The lowest BCUT2D eigenvalue weighted by Crippen LogP contribution is -2.53. The summed E-state index contributed by atoms with van der Waals surface area (Å²) in [6, 6.07) is 5.96. The van der Waals surface area contributed by atoms with Gasteiger partial charge in [-0.1, -0.05) is 13.0 Å². The highest BCUT2D eigenvalue weighted by molar-refractivity contribution is 5.86. The Labute approximate surface area is 137 Å². The van der Waals surface area contributed by atoms with Gasteiger partial charge < -0.3 is 20.4 Å². The van der Waals surface area contributed by atoms with E-state index in [1.54, 1.807) is 7.05 Å².